The lowest BCUT2D eigenvalue weighted by molar-refractivity contribution is -0.887. The zero-order valence-corrected chi connectivity index (χ0v) is 20.9. The minimum atomic E-state index is -0.881. The van der Waals surface area contributed by atoms with Crippen LogP contribution in [0.2, 0.25) is 0 Å². The molecule has 0 aromatic carbocycles. The lowest BCUT2D eigenvalue weighted by Crippen LogP contribution is -2.50. The van der Waals surface area contributed by atoms with Crippen LogP contribution in [0.15, 0.2) is 0 Å². The lowest BCUT2D eigenvalue weighted by Gasteiger charge is -2.31. The molecule has 0 saturated heterocycles. The van der Waals surface area contributed by atoms with Gasteiger partial charge in [-0.25, -0.2) is 4.79 Å². The monoisotopic (exact) mass is 460 g/mol. The maximum atomic E-state index is 12.2. The molecule has 8 nitrogen and oxygen atoms in total. The minimum Gasteiger partial charge on any atom is -0.477 e. The van der Waals surface area contributed by atoms with Crippen LogP contribution in [0.1, 0.15) is 84.5 Å². The van der Waals surface area contributed by atoms with Crippen molar-refractivity contribution in [2.24, 2.45) is 0 Å². The largest absolute Gasteiger partial charge is 0.477 e. The van der Waals surface area contributed by atoms with Gasteiger partial charge in [-0.15, -0.1) is 0 Å². The second-order valence-corrected chi connectivity index (χ2v) is 9.25. The quantitative estimate of drug-likeness (QED) is 0.167. The van der Waals surface area contributed by atoms with Gasteiger partial charge in [-0.2, -0.15) is 0 Å². The zero-order chi connectivity index (χ0) is 24.4. The fourth-order valence-electron chi connectivity index (χ4n) is 3.26. The fraction of sp³-hybridized carbons (Fsp3) is 0.875. The van der Waals surface area contributed by atoms with E-state index in [0.717, 1.165) is 51.4 Å². The van der Waals surface area contributed by atoms with Crippen molar-refractivity contribution in [2.45, 2.75) is 96.6 Å². The third-order valence-corrected chi connectivity index (χ3v) is 5.26. The van der Waals surface area contributed by atoms with Gasteiger partial charge >= 0.3 is 17.9 Å². The van der Waals surface area contributed by atoms with E-state index in [4.69, 9.17) is 14.2 Å². The minimum absolute atomic E-state index is 0.0506. The number of esters is 2. The number of nitrogens with zero attached hydrogens (tertiary/aromatic N) is 1. The number of hydrogen-bond donors (Lipinski definition) is 1. The molecule has 2 unspecified atom stereocenters. The van der Waals surface area contributed by atoms with E-state index in [1.54, 1.807) is 0 Å². The molecule has 0 heterocycles. The summed E-state index contributed by atoms with van der Waals surface area (Å²) < 4.78 is 16.7. The number of carboxylic acids is 1. The molecular weight excluding hydrogens is 414 g/mol. The van der Waals surface area contributed by atoms with Crippen LogP contribution in [0.4, 0.5) is 0 Å². The van der Waals surface area contributed by atoms with Crippen LogP contribution in [-0.4, -0.2) is 80.6 Å². The van der Waals surface area contributed by atoms with Crippen molar-refractivity contribution in [3.8, 4) is 0 Å². The van der Waals surface area contributed by atoms with Crippen LogP contribution in [0.25, 0.3) is 0 Å². The van der Waals surface area contributed by atoms with Gasteiger partial charge in [0.25, 0.3) is 0 Å². The molecule has 0 amide bonds. The zero-order valence-electron chi connectivity index (χ0n) is 20.9. The van der Waals surface area contributed by atoms with E-state index >= 15 is 0 Å². The van der Waals surface area contributed by atoms with E-state index in [0.29, 0.717) is 19.3 Å². The molecule has 0 aliphatic heterocycles. The van der Waals surface area contributed by atoms with E-state index in [1.807, 2.05) is 21.1 Å². The summed E-state index contributed by atoms with van der Waals surface area (Å²) in [4.78, 5) is 35.6. The summed E-state index contributed by atoms with van der Waals surface area (Å²) in [5.74, 6) is -1.52. The second kappa shape index (κ2) is 17.8. The van der Waals surface area contributed by atoms with E-state index in [-0.39, 0.29) is 36.2 Å². The van der Waals surface area contributed by atoms with Gasteiger partial charge in [0.1, 0.15) is 6.61 Å². The SMILES string of the molecule is CCCCCCC(=O)OCC(COCCC(C(=O)O)[N+](C)(C)C)OC(=O)CCCCCC. The molecule has 0 radical (unpaired) electrons. The first-order valence-electron chi connectivity index (χ1n) is 12.1. The molecule has 8 heteroatoms. The third kappa shape index (κ3) is 16.0. The Kier molecular flexibility index (Phi) is 16.9. The number of unbranched alkanes of at least 4 members (excludes halogenated alkanes) is 6. The molecule has 2 atom stereocenters. The fourth-order valence-corrected chi connectivity index (χ4v) is 3.26. The van der Waals surface area contributed by atoms with Gasteiger partial charge in [0.15, 0.2) is 12.1 Å². The lowest BCUT2D eigenvalue weighted by atomic mass is 10.1. The van der Waals surface area contributed by atoms with Crippen molar-refractivity contribution in [2.75, 3.05) is 41.0 Å². The van der Waals surface area contributed by atoms with E-state index in [9.17, 15) is 19.5 Å². The maximum Gasteiger partial charge on any atom is 0.362 e. The van der Waals surface area contributed by atoms with Gasteiger partial charge in [0, 0.05) is 19.3 Å². The van der Waals surface area contributed by atoms with E-state index in [1.165, 1.54) is 0 Å². The summed E-state index contributed by atoms with van der Waals surface area (Å²) in [6, 6.07) is -0.601. The molecule has 0 aliphatic carbocycles. The molecule has 0 saturated carbocycles. The Balaban J connectivity index is 4.58. The number of quaternary nitrogens is 1. The number of aliphatic carboxylic acids is 1. The highest BCUT2D eigenvalue weighted by Crippen LogP contribution is 2.10. The van der Waals surface area contributed by atoms with Gasteiger partial charge in [-0.1, -0.05) is 52.4 Å². The van der Waals surface area contributed by atoms with Gasteiger partial charge in [0.2, 0.25) is 0 Å². The number of rotatable bonds is 20. The topological polar surface area (TPSA) is 99.1 Å². The predicted molar refractivity (Wildman–Crippen MR) is 123 cm³/mol. The summed E-state index contributed by atoms with van der Waals surface area (Å²) in [6.45, 7) is 4.44. The van der Waals surface area contributed by atoms with Crippen LogP contribution in [0.3, 0.4) is 0 Å². The number of carbonyl (C=O) groups excluding carboxylic acids is 2. The molecule has 0 rings (SSSR count). The highest BCUT2D eigenvalue weighted by Gasteiger charge is 2.31. The molecule has 0 aromatic rings. The normalized spacial score (nSPS) is 13.4. The summed E-state index contributed by atoms with van der Waals surface area (Å²) in [5, 5.41) is 9.41. The molecular formula is C24H46NO7+. The first-order valence-corrected chi connectivity index (χ1v) is 12.1. The maximum absolute atomic E-state index is 12.2. The van der Waals surface area contributed by atoms with Crippen LogP contribution >= 0.6 is 0 Å². The van der Waals surface area contributed by atoms with Crippen LogP contribution in [0.5, 0.6) is 0 Å². The first-order chi connectivity index (χ1) is 15.1. The summed E-state index contributed by atoms with van der Waals surface area (Å²) in [6.07, 6.45) is 8.16. The molecule has 0 fully saturated rings. The average Bonchev–Trinajstić information content (AvgIpc) is 2.71. The Morgan fingerprint density at radius 1 is 0.812 bits per heavy atom. The van der Waals surface area contributed by atoms with Crippen molar-refractivity contribution >= 4 is 17.9 Å². The number of carboxylic acid groups (broad SMARTS) is 1. The molecule has 0 bridgehead atoms. The van der Waals surface area contributed by atoms with E-state index < -0.39 is 18.1 Å². The molecule has 0 spiro atoms. The molecule has 32 heavy (non-hydrogen) atoms. The Hall–Kier alpha value is -1.67. The molecule has 0 aromatic heterocycles. The highest BCUT2D eigenvalue weighted by molar-refractivity contribution is 5.72. The number of hydrogen-bond acceptors (Lipinski definition) is 6. The van der Waals surface area contributed by atoms with Crippen LogP contribution in [0, 0.1) is 0 Å². The average molecular weight is 461 g/mol. The summed E-state index contributed by atoms with van der Waals surface area (Å²) in [5.41, 5.74) is 0. The Labute approximate surface area is 194 Å². The predicted octanol–water partition coefficient (Wildman–Crippen LogP) is 3.95. The van der Waals surface area contributed by atoms with Gasteiger partial charge in [-0.3, -0.25) is 9.59 Å². The Bertz CT molecular complexity index is 531. The van der Waals surface area contributed by atoms with Crippen molar-refractivity contribution in [3.05, 3.63) is 0 Å². The Morgan fingerprint density at radius 3 is 1.88 bits per heavy atom. The summed E-state index contributed by atoms with van der Waals surface area (Å²) in [7, 11) is 5.46. The first kappa shape index (κ1) is 30.3. The van der Waals surface area contributed by atoms with Crippen molar-refractivity contribution < 1.29 is 38.2 Å². The van der Waals surface area contributed by atoms with Gasteiger partial charge in [0.05, 0.1) is 34.4 Å². The van der Waals surface area contributed by atoms with Gasteiger partial charge in [-0.05, 0) is 12.8 Å². The van der Waals surface area contributed by atoms with Crippen molar-refractivity contribution in [1.82, 2.24) is 0 Å². The molecule has 1 N–H and O–H groups in total. The summed E-state index contributed by atoms with van der Waals surface area (Å²) >= 11 is 0. The molecule has 0 aliphatic rings. The second-order valence-electron chi connectivity index (χ2n) is 9.25. The van der Waals surface area contributed by atoms with Gasteiger partial charge < -0.3 is 23.8 Å². The van der Waals surface area contributed by atoms with Crippen LogP contribution < -0.4 is 0 Å². The van der Waals surface area contributed by atoms with Crippen molar-refractivity contribution in [3.63, 3.8) is 0 Å². The number of carbonyl (C=O) groups is 3. The van der Waals surface area contributed by atoms with Crippen molar-refractivity contribution in [1.29, 1.82) is 0 Å². The van der Waals surface area contributed by atoms with Crippen LogP contribution in [-0.2, 0) is 28.6 Å². The number of likely N-dealkylation sites (N-methyl/N-ethyl adjacent to an activating group) is 1. The third-order valence-electron chi connectivity index (χ3n) is 5.26. The molecule has 188 valence electrons. The smallest absolute Gasteiger partial charge is 0.362 e. The number of ether oxygens (including phenoxy) is 3. The highest BCUT2D eigenvalue weighted by atomic mass is 16.6. The standard InChI is InChI=1S/C24H45NO7/c1-6-8-10-12-14-22(26)31-19-20(32-23(27)15-13-11-9-7-2)18-30-17-16-21(24(28)29)25(3,4)5/h20-21H,6-19H2,1-5H3/p+1. The Morgan fingerprint density at radius 2 is 1.38 bits per heavy atom. The van der Waals surface area contributed by atoms with E-state index in [2.05, 4.69) is 13.8 Å².